The van der Waals surface area contributed by atoms with E-state index in [1.165, 1.54) is 23.0 Å². The fourth-order valence-electron chi connectivity index (χ4n) is 8.69. The Morgan fingerprint density at radius 3 is 1.54 bits per heavy atom. The van der Waals surface area contributed by atoms with Gasteiger partial charge in [-0.1, -0.05) is 26.0 Å². The lowest BCUT2D eigenvalue weighted by Crippen LogP contribution is -2.62. The fraction of sp³-hybridized carbons (Fsp3) is 0.661. The van der Waals surface area contributed by atoms with Crippen LogP contribution in [0.15, 0.2) is 42.7 Å². The SMILES string of the molecule is CC(C)(C)c1cc(-c2ccc(F)cc2)nn2cc(C(=O)N3CCN(C(=O)c4cn(CC(=O)NCCOCCOCCOCCOCCOCCOCCOCCOCCOCCOCCOCCOCCC(=O)NC(CC(=O)O)C(N)=O)nn4)CC3(C)C)nc12. The summed E-state index contributed by atoms with van der Waals surface area (Å²) in [4.78, 5) is 82.2. The molecule has 1 aromatic carbocycles. The average Bonchev–Trinajstić information content (AvgIpc) is 1.54. The number of hydrogen-bond donors (Lipinski definition) is 4. The predicted octanol–water partition coefficient (Wildman–Crippen LogP) is 0.951. The highest BCUT2D eigenvalue weighted by atomic mass is 19.1. The number of ether oxygens (including phenoxy) is 12. The van der Waals surface area contributed by atoms with Gasteiger partial charge in [-0.25, -0.2) is 18.6 Å². The largest absolute Gasteiger partial charge is 0.481 e. The van der Waals surface area contributed by atoms with Crippen LogP contribution in [0.2, 0.25) is 0 Å². The van der Waals surface area contributed by atoms with Crippen LogP contribution in [0.5, 0.6) is 0 Å². The smallest absolute Gasteiger partial charge is 0.305 e. The molecular weight excluding hydrogens is 1190 g/mol. The van der Waals surface area contributed by atoms with Gasteiger partial charge in [-0.05, 0) is 49.6 Å². The summed E-state index contributed by atoms with van der Waals surface area (Å²) in [6.45, 7) is 19.8. The third-order valence-electron chi connectivity index (χ3n) is 13.3. The number of aromatic nitrogens is 6. The molecule has 5 N–H and O–H groups in total. The quantitative estimate of drug-likeness (QED) is 0.0447. The van der Waals surface area contributed by atoms with Crippen molar-refractivity contribution in [3.8, 4) is 11.3 Å². The van der Waals surface area contributed by atoms with Gasteiger partial charge in [0.05, 0.1) is 189 Å². The number of primary amides is 1. The number of amides is 5. The first-order valence-corrected chi connectivity index (χ1v) is 30.0. The molecule has 0 aliphatic carbocycles. The van der Waals surface area contributed by atoms with Gasteiger partial charge in [0, 0.05) is 43.7 Å². The number of nitrogens with two attached hydrogens (primary N) is 1. The lowest BCUT2D eigenvalue weighted by atomic mass is 9.87. The minimum absolute atomic E-state index is 0.0555. The Hall–Kier alpha value is -6.75. The molecule has 5 amide bonds. The zero-order valence-corrected chi connectivity index (χ0v) is 52.4. The number of carbonyl (C=O) groups is 6. The Morgan fingerprint density at radius 2 is 1.10 bits per heavy atom. The van der Waals surface area contributed by atoms with Crippen LogP contribution in [0, 0.1) is 5.82 Å². The standard InChI is InChI=1S/C59H90FN11O19/c1-58(2,3)46-38-47(44-6-8-45(60)9-7-44)66-71-41-49(64-55(46)71)57(78)70-13-12-68(43-59(70,4)5)56(77)50-40-69(67-65-50)42-52(73)62-11-15-80-17-19-82-21-23-84-25-27-86-29-31-88-33-35-90-37-36-89-34-32-87-30-28-85-26-24-83-22-20-81-18-16-79-14-10-51(72)63-48(54(61)76)39-53(74)75/h6-9,38,40-41,48H,10-37,39,42-43H2,1-5H3,(H2,61,76)(H,62,73)(H,63,72)(H,74,75). The van der Waals surface area contributed by atoms with Crippen molar-refractivity contribution < 1.29 is 95.1 Å². The second-order valence-corrected chi connectivity index (χ2v) is 22.0. The van der Waals surface area contributed by atoms with Crippen LogP contribution < -0.4 is 16.4 Å². The summed E-state index contributed by atoms with van der Waals surface area (Å²) in [7, 11) is 0. The molecule has 1 atom stereocenters. The molecule has 5 rings (SSSR count). The van der Waals surface area contributed by atoms with Crippen LogP contribution in [0.1, 0.15) is 74.0 Å². The second-order valence-electron chi connectivity index (χ2n) is 22.0. The molecule has 1 unspecified atom stereocenters. The van der Waals surface area contributed by atoms with Crippen LogP contribution in [0.3, 0.4) is 0 Å². The molecule has 31 heteroatoms. The van der Waals surface area contributed by atoms with Gasteiger partial charge < -0.3 is 88.1 Å². The van der Waals surface area contributed by atoms with E-state index < -0.39 is 35.8 Å². The van der Waals surface area contributed by atoms with Gasteiger partial charge >= 0.3 is 5.97 Å². The molecule has 0 spiro atoms. The molecule has 30 nitrogen and oxygen atoms in total. The van der Waals surface area contributed by atoms with Gasteiger partial charge in [0.2, 0.25) is 17.7 Å². The third kappa shape index (κ3) is 28.2. The van der Waals surface area contributed by atoms with Crippen LogP contribution in [0.4, 0.5) is 4.39 Å². The minimum Gasteiger partial charge on any atom is -0.481 e. The van der Waals surface area contributed by atoms with Crippen molar-refractivity contribution in [2.24, 2.45) is 5.73 Å². The first kappa shape index (κ1) is 74.0. The number of piperazine rings is 1. The summed E-state index contributed by atoms with van der Waals surface area (Å²) in [6, 6.07) is 6.74. The highest BCUT2D eigenvalue weighted by molar-refractivity contribution is 5.95. The van der Waals surface area contributed by atoms with E-state index in [0.717, 1.165) is 11.1 Å². The summed E-state index contributed by atoms with van der Waals surface area (Å²) in [5.74, 6) is -4.06. The van der Waals surface area contributed by atoms with Crippen LogP contribution in [0.25, 0.3) is 16.9 Å². The van der Waals surface area contributed by atoms with Gasteiger partial charge in [0.25, 0.3) is 11.8 Å². The Kier molecular flexibility index (Phi) is 33.6. The van der Waals surface area contributed by atoms with Crippen molar-refractivity contribution >= 4 is 41.2 Å². The Balaban J connectivity index is 0.745. The number of carboxylic acid groups (broad SMARTS) is 1. The van der Waals surface area contributed by atoms with Crippen molar-refractivity contribution in [2.45, 2.75) is 71.0 Å². The zero-order valence-electron chi connectivity index (χ0n) is 52.4. The van der Waals surface area contributed by atoms with Gasteiger partial charge in [0.1, 0.15) is 24.1 Å². The molecule has 0 bridgehead atoms. The summed E-state index contributed by atoms with van der Waals surface area (Å²) < 4.78 is 82.4. The van der Waals surface area contributed by atoms with Crippen LogP contribution >= 0.6 is 0 Å². The fourth-order valence-corrected chi connectivity index (χ4v) is 8.69. The molecule has 0 saturated carbocycles. The Bertz CT molecular complexity index is 2780. The number of halogens is 1. The number of aliphatic carboxylic acids is 1. The van der Waals surface area contributed by atoms with Crippen LogP contribution in [-0.2, 0) is 88.0 Å². The number of benzene rings is 1. The van der Waals surface area contributed by atoms with E-state index in [1.807, 2.05) is 40.7 Å². The third-order valence-corrected chi connectivity index (χ3v) is 13.3. The molecular formula is C59H90FN11O19. The van der Waals surface area contributed by atoms with Gasteiger partial charge in [-0.15, -0.1) is 5.10 Å². The number of rotatable bonds is 48. The molecule has 1 aliphatic heterocycles. The number of nitrogens with one attached hydrogen (secondary N) is 2. The summed E-state index contributed by atoms with van der Waals surface area (Å²) in [5.41, 5.74) is 7.03. The molecule has 4 aromatic rings. The first-order valence-electron chi connectivity index (χ1n) is 30.0. The maximum Gasteiger partial charge on any atom is 0.305 e. The van der Waals surface area contributed by atoms with E-state index >= 15 is 0 Å². The van der Waals surface area contributed by atoms with Gasteiger partial charge in [-0.2, -0.15) is 5.10 Å². The average molecular weight is 1280 g/mol. The first-order chi connectivity index (χ1) is 43.3. The maximum absolute atomic E-state index is 14.1. The van der Waals surface area contributed by atoms with Crippen molar-refractivity contribution in [1.82, 2.24) is 50.0 Å². The highest BCUT2D eigenvalue weighted by Crippen LogP contribution is 2.31. The summed E-state index contributed by atoms with van der Waals surface area (Å²) in [5, 5.41) is 26.6. The molecule has 90 heavy (non-hydrogen) atoms. The van der Waals surface area contributed by atoms with Gasteiger partial charge in [0.15, 0.2) is 11.3 Å². The number of carboxylic acids is 1. The number of hydrogen-bond acceptors (Lipinski definition) is 22. The van der Waals surface area contributed by atoms with Gasteiger partial charge in [-0.3, -0.25) is 28.8 Å². The molecule has 502 valence electrons. The molecule has 0 radical (unpaired) electrons. The van der Waals surface area contributed by atoms with E-state index in [0.29, 0.717) is 150 Å². The lowest BCUT2D eigenvalue weighted by Gasteiger charge is -2.46. The molecule has 1 saturated heterocycles. The van der Waals surface area contributed by atoms with E-state index in [4.69, 9.17) is 77.8 Å². The van der Waals surface area contributed by atoms with Crippen molar-refractivity contribution in [3.05, 3.63) is 65.5 Å². The second kappa shape index (κ2) is 40.9. The van der Waals surface area contributed by atoms with E-state index in [2.05, 4.69) is 20.9 Å². The topological polar surface area (TPSA) is 351 Å². The predicted molar refractivity (Wildman–Crippen MR) is 319 cm³/mol. The van der Waals surface area contributed by atoms with E-state index in [9.17, 15) is 33.2 Å². The Morgan fingerprint density at radius 1 is 0.633 bits per heavy atom. The molecule has 1 fully saturated rings. The van der Waals surface area contributed by atoms with E-state index in [1.54, 1.807) is 32.6 Å². The number of nitrogens with zero attached hydrogens (tertiary/aromatic N) is 8. The minimum atomic E-state index is -1.27. The monoisotopic (exact) mass is 1280 g/mol. The number of carbonyl (C=O) groups excluding carboxylic acids is 5. The summed E-state index contributed by atoms with van der Waals surface area (Å²) >= 11 is 0. The molecule has 3 aromatic heterocycles. The van der Waals surface area contributed by atoms with E-state index in [-0.39, 0.29) is 99.3 Å². The normalized spacial score (nSPS) is 13.7. The number of fused-ring (bicyclic) bond motifs is 1. The van der Waals surface area contributed by atoms with Crippen molar-refractivity contribution in [1.29, 1.82) is 0 Å². The molecule has 1 aliphatic rings. The lowest BCUT2D eigenvalue weighted by molar-refractivity contribution is -0.140. The zero-order chi connectivity index (χ0) is 65.0. The summed E-state index contributed by atoms with van der Waals surface area (Å²) in [6.07, 6.45) is 2.40. The maximum atomic E-state index is 14.1. The number of imidazole rings is 1. The highest BCUT2D eigenvalue weighted by Gasteiger charge is 2.40. The van der Waals surface area contributed by atoms with Crippen molar-refractivity contribution in [3.63, 3.8) is 0 Å². The van der Waals surface area contributed by atoms with Crippen LogP contribution in [-0.4, -0.2) is 276 Å². The van der Waals surface area contributed by atoms with Crippen molar-refractivity contribution in [2.75, 3.05) is 185 Å². The Labute approximate surface area is 523 Å². The molecule has 4 heterocycles.